The number of rotatable bonds is 4. The maximum Gasteiger partial charge on any atom is 0.269 e. The molecule has 1 aromatic heterocycles. The third kappa shape index (κ3) is 2.83. The van der Waals surface area contributed by atoms with Gasteiger partial charge in [0.2, 0.25) is 0 Å². The van der Waals surface area contributed by atoms with Gasteiger partial charge in [0.25, 0.3) is 5.91 Å². The Labute approximate surface area is 133 Å². The summed E-state index contributed by atoms with van der Waals surface area (Å²) in [5.74, 6) is 0.195. The number of hydrogen-bond acceptors (Lipinski definition) is 5. The lowest BCUT2D eigenvalue weighted by atomic mass is 10.1. The molecule has 0 saturated carbocycles. The molecule has 0 bridgehead atoms. The maximum absolute atomic E-state index is 11.5. The number of carbonyl (C=O) groups is 1. The fraction of sp³-hybridized carbons (Fsp3) is 0.312. The lowest BCUT2D eigenvalue weighted by Gasteiger charge is -2.14. The largest absolute Gasteiger partial charge is 0.497 e. The smallest absolute Gasteiger partial charge is 0.269 e. The first-order valence-corrected chi connectivity index (χ1v) is 7.31. The zero-order valence-electron chi connectivity index (χ0n) is 12.8. The van der Waals surface area contributed by atoms with Crippen molar-refractivity contribution in [2.24, 2.45) is 5.73 Å². The molecular formula is C16H17N5O2. The number of methoxy groups -OCH3 is 1. The van der Waals surface area contributed by atoms with Crippen LogP contribution in [0.2, 0.25) is 0 Å². The summed E-state index contributed by atoms with van der Waals surface area (Å²) in [5, 5.41) is 13.4. The third-order valence-corrected chi connectivity index (χ3v) is 4.02. The average molecular weight is 311 g/mol. The fourth-order valence-corrected chi connectivity index (χ4v) is 2.80. The highest BCUT2D eigenvalue weighted by Gasteiger charge is 2.27. The molecule has 3 rings (SSSR count). The van der Waals surface area contributed by atoms with Gasteiger partial charge < -0.3 is 15.4 Å². The second-order valence-corrected chi connectivity index (χ2v) is 5.44. The normalized spacial score (nSPS) is 17.0. The molecule has 0 unspecified atom stereocenters. The van der Waals surface area contributed by atoms with Crippen molar-refractivity contribution in [2.45, 2.75) is 12.5 Å². The van der Waals surface area contributed by atoms with E-state index in [1.807, 2.05) is 24.3 Å². The van der Waals surface area contributed by atoms with Crippen LogP contribution < -0.4 is 10.5 Å². The molecule has 0 aliphatic carbocycles. The van der Waals surface area contributed by atoms with E-state index in [1.165, 1.54) is 0 Å². The standard InChI is InChI=1S/C16H17N5O2/c1-23-13-4-2-11(3-5-13)15-8-14(16(18)22)19-21(15)12-6-7-20(9-12)10-17/h2-5,8,12H,6-7,9H2,1H3,(H2,18,22)/t12-/m1/s1. The van der Waals surface area contributed by atoms with Gasteiger partial charge in [-0.15, -0.1) is 0 Å². The molecule has 23 heavy (non-hydrogen) atoms. The Kier molecular flexibility index (Phi) is 3.89. The molecule has 0 radical (unpaired) electrons. The number of likely N-dealkylation sites (tertiary alicyclic amines) is 1. The van der Waals surface area contributed by atoms with E-state index in [1.54, 1.807) is 22.8 Å². The average Bonchev–Trinajstić information content (AvgIpc) is 3.21. The molecule has 1 saturated heterocycles. The minimum atomic E-state index is -0.561. The second-order valence-electron chi connectivity index (χ2n) is 5.44. The number of ether oxygens (including phenoxy) is 1. The molecule has 1 aliphatic rings. The van der Waals surface area contributed by atoms with Crippen molar-refractivity contribution < 1.29 is 9.53 Å². The monoisotopic (exact) mass is 311 g/mol. The quantitative estimate of drug-likeness (QED) is 0.860. The van der Waals surface area contributed by atoms with Gasteiger partial charge in [-0.3, -0.25) is 9.48 Å². The van der Waals surface area contributed by atoms with Crippen LogP contribution in [0.25, 0.3) is 11.3 Å². The Morgan fingerprint density at radius 1 is 1.43 bits per heavy atom. The van der Waals surface area contributed by atoms with Crippen molar-refractivity contribution in [3.8, 4) is 23.2 Å². The van der Waals surface area contributed by atoms with Crippen molar-refractivity contribution in [3.05, 3.63) is 36.0 Å². The van der Waals surface area contributed by atoms with Gasteiger partial charge in [0, 0.05) is 12.1 Å². The van der Waals surface area contributed by atoms with E-state index < -0.39 is 5.91 Å². The SMILES string of the molecule is COc1ccc(-c2cc(C(N)=O)nn2[C@@H]2CCN(C#N)C2)cc1. The molecule has 1 atom stereocenters. The van der Waals surface area contributed by atoms with E-state index in [9.17, 15) is 4.79 Å². The van der Waals surface area contributed by atoms with Gasteiger partial charge in [0.05, 0.1) is 25.4 Å². The topological polar surface area (TPSA) is 97.2 Å². The molecule has 2 N–H and O–H groups in total. The van der Waals surface area contributed by atoms with Crippen LogP contribution in [0.4, 0.5) is 0 Å². The van der Waals surface area contributed by atoms with Crippen molar-refractivity contribution in [1.29, 1.82) is 5.26 Å². The summed E-state index contributed by atoms with van der Waals surface area (Å²) in [4.78, 5) is 13.2. The van der Waals surface area contributed by atoms with Crippen LogP contribution in [0.3, 0.4) is 0 Å². The highest BCUT2D eigenvalue weighted by Crippen LogP contribution is 2.29. The van der Waals surface area contributed by atoms with E-state index in [-0.39, 0.29) is 11.7 Å². The molecule has 0 spiro atoms. The molecule has 7 nitrogen and oxygen atoms in total. The van der Waals surface area contributed by atoms with E-state index in [0.29, 0.717) is 13.1 Å². The van der Waals surface area contributed by atoms with Gasteiger partial charge in [-0.05, 0) is 36.8 Å². The zero-order valence-corrected chi connectivity index (χ0v) is 12.8. The van der Waals surface area contributed by atoms with Crippen molar-refractivity contribution in [1.82, 2.24) is 14.7 Å². The van der Waals surface area contributed by atoms with Crippen molar-refractivity contribution in [3.63, 3.8) is 0 Å². The van der Waals surface area contributed by atoms with E-state index in [4.69, 9.17) is 15.7 Å². The third-order valence-electron chi connectivity index (χ3n) is 4.02. The summed E-state index contributed by atoms with van der Waals surface area (Å²) in [6.45, 7) is 1.27. The van der Waals surface area contributed by atoms with Crippen LogP contribution in [-0.4, -0.2) is 40.8 Å². The summed E-state index contributed by atoms with van der Waals surface area (Å²) in [7, 11) is 1.61. The molecule has 7 heteroatoms. The van der Waals surface area contributed by atoms with Crippen molar-refractivity contribution >= 4 is 5.91 Å². The van der Waals surface area contributed by atoms with Crippen LogP contribution in [-0.2, 0) is 0 Å². The lowest BCUT2D eigenvalue weighted by Crippen LogP contribution is -2.18. The Hall–Kier alpha value is -3.01. The number of nitriles is 1. The summed E-state index contributed by atoms with van der Waals surface area (Å²) < 4.78 is 6.97. The van der Waals surface area contributed by atoms with Gasteiger partial charge in [-0.2, -0.15) is 10.4 Å². The summed E-state index contributed by atoms with van der Waals surface area (Å²) >= 11 is 0. The Bertz CT molecular complexity index is 760. The molecule has 1 aliphatic heterocycles. The first-order chi connectivity index (χ1) is 11.1. The van der Waals surface area contributed by atoms with Crippen LogP contribution in [0.1, 0.15) is 23.0 Å². The first kappa shape index (κ1) is 14.9. The van der Waals surface area contributed by atoms with Crippen molar-refractivity contribution in [2.75, 3.05) is 20.2 Å². The Morgan fingerprint density at radius 3 is 2.74 bits per heavy atom. The number of amides is 1. The minimum Gasteiger partial charge on any atom is -0.497 e. The molecule has 1 aromatic carbocycles. The van der Waals surface area contributed by atoms with Gasteiger partial charge in [0.1, 0.15) is 5.75 Å². The predicted octanol–water partition coefficient (Wildman–Crippen LogP) is 1.39. The molecule has 1 fully saturated rings. The molecule has 2 aromatic rings. The van der Waals surface area contributed by atoms with Gasteiger partial charge in [0.15, 0.2) is 11.9 Å². The Morgan fingerprint density at radius 2 is 2.17 bits per heavy atom. The van der Waals surface area contributed by atoms with Gasteiger partial charge >= 0.3 is 0 Å². The highest BCUT2D eigenvalue weighted by atomic mass is 16.5. The second kappa shape index (κ2) is 6.01. The first-order valence-electron chi connectivity index (χ1n) is 7.31. The predicted molar refractivity (Wildman–Crippen MR) is 83.6 cm³/mol. The minimum absolute atomic E-state index is 0.0415. The zero-order chi connectivity index (χ0) is 16.4. The Balaban J connectivity index is 2.01. The number of hydrogen-bond donors (Lipinski definition) is 1. The van der Waals surface area contributed by atoms with Crippen LogP contribution in [0.5, 0.6) is 5.75 Å². The van der Waals surface area contributed by atoms with Crippen LogP contribution >= 0.6 is 0 Å². The molecule has 118 valence electrons. The summed E-state index contributed by atoms with van der Waals surface area (Å²) in [6.07, 6.45) is 2.95. The number of nitrogens with zero attached hydrogens (tertiary/aromatic N) is 4. The van der Waals surface area contributed by atoms with Gasteiger partial charge in [-0.1, -0.05) is 0 Å². The van der Waals surface area contributed by atoms with E-state index in [0.717, 1.165) is 23.4 Å². The number of nitrogens with two attached hydrogens (primary N) is 1. The van der Waals surface area contributed by atoms with Crippen LogP contribution in [0.15, 0.2) is 30.3 Å². The maximum atomic E-state index is 11.5. The fourth-order valence-electron chi connectivity index (χ4n) is 2.80. The van der Waals surface area contributed by atoms with E-state index >= 15 is 0 Å². The summed E-state index contributed by atoms with van der Waals surface area (Å²) in [5.41, 5.74) is 7.33. The molecular weight excluding hydrogens is 294 g/mol. The molecule has 1 amide bonds. The number of aromatic nitrogens is 2. The number of carbonyl (C=O) groups excluding carboxylic acids is 1. The van der Waals surface area contributed by atoms with Crippen LogP contribution in [0, 0.1) is 11.5 Å². The highest BCUT2D eigenvalue weighted by molar-refractivity contribution is 5.92. The summed E-state index contributed by atoms with van der Waals surface area (Å²) in [6, 6.07) is 9.26. The van der Waals surface area contributed by atoms with E-state index in [2.05, 4.69) is 11.3 Å². The number of primary amides is 1. The lowest BCUT2D eigenvalue weighted by molar-refractivity contribution is 0.0994. The molecule has 2 heterocycles. The van der Waals surface area contributed by atoms with Gasteiger partial charge in [-0.25, -0.2) is 0 Å². The number of benzene rings is 1.